The molecule has 3 heteroatoms. The molecule has 0 spiro atoms. The molecule has 0 saturated heterocycles. The van der Waals surface area contributed by atoms with Gasteiger partial charge in [-0.15, -0.1) is 0 Å². The third kappa shape index (κ3) is 4.19. The third-order valence-electron chi connectivity index (χ3n) is 10.5. The number of furan rings is 1. The van der Waals surface area contributed by atoms with Crippen LogP contribution in [0.3, 0.4) is 0 Å². The van der Waals surface area contributed by atoms with E-state index in [1.807, 2.05) is 12.1 Å². The molecule has 0 bridgehead atoms. The minimum absolute atomic E-state index is 0.888. The molecule has 0 fully saturated rings. The van der Waals surface area contributed by atoms with E-state index in [0.717, 1.165) is 44.7 Å². The Bertz CT molecular complexity index is 2980. The first-order chi connectivity index (χ1) is 25.3. The average Bonchev–Trinajstić information content (AvgIpc) is 3.57. The van der Waals surface area contributed by atoms with Crippen molar-refractivity contribution in [3.05, 3.63) is 182 Å². The van der Waals surface area contributed by atoms with Crippen LogP contribution in [0.15, 0.2) is 186 Å². The van der Waals surface area contributed by atoms with Gasteiger partial charge in [-0.2, -0.15) is 0 Å². The number of nitrogens with zero attached hydrogens (tertiary/aromatic N) is 2. The minimum Gasteiger partial charge on any atom is -0.456 e. The Morgan fingerprint density at radius 2 is 1.06 bits per heavy atom. The van der Waals surface area contributed by atoms with Crippen LogP contribution in [-0.4, -0.2) is 0 Å². The van der Waals surface area contributed by atoms with Gasteiger partial charge in [-0.3, -0.25) is 0 Å². The first-order valence-corrected chi connectivity index (χ1v) is 17.4. The number of fused-ring (bicyclic) bond motifs is 8. The maximum atomic E-state index is 6.23. The molecular formula is C48H30N2O. The van der Waals surface area contributed by atoms with Crippen molar-refractivity contribution in [3.63, 3.8) is 0 Å². The third-order valence-corrected chi connectivity index (χ3v) is 10.5. The molecule has 51 heavy (non-hydrogen) atoms. The fourth-order valence-corrected chi connectivity index (χ4v) is 8.29. The lowest BCUT2D eigenvalue weighted by molar-refractivity contribution is 0.669. The van der Waals surface area contributed by atoms with Gasteiger partial charge in [-0.1, -0.05) is 115 Å². The van der Waals surface area contributed by atoms with Crippen molar-refractivity contribution in [3.8, 4) is 11.1 Å². The molecule has 1 aromatic heterocycles. The SMILES string of the molecule is c1ccc2c(N(c3ccc(N4c5ccc6ccccc6c5-c5cccc6cccc4c56)cc3)c3ccc4oc5ccccc5c4c3)cccc2c1. The zero-order valence-electron chi connectivity index (χ0n) is 27.6. The number of hydrogen-bond acceptors (Lipinski definition) is 3. The van der Waals surface area contributed by atoms with Gasteiger partial charge in [0.15, 0.2) is 0 Å². The van der Waals surface area contributed by atoms with E-state index in [1.54, 1.807) is 0 Å². The molecule has 0 unspecified atom stereocenters. The Morgan fingerprint density at radius 3 is 1.92 bits per heavy atom. The summed E-state index contributed by atoms with van der Waals surface area (Å²) in [5, 5.41) is 9.67. The molecule has 1 aliphatic heterocycles. The second-order valence-electron chi connectivity index (χ2n) is 13.3. The Kier molecular flexibility index (Phi) is 5.96. The number of para-hydroxylation sites is 1. The van der Waals surface area contributed by atoms with Crippen LogP contribution in [0.25, 0.3) is 65.4 Å². The Hall–Kier alpha value is -6.84. The molecule has 3 nitrogen and oxygen atoms in total. The summed E-state index contributed by atoms with van der Waals surface area (Å²) in [5.74, 6) is 0. The highest BCUT2D eigenvalue weighted by Gasteiger charge is 2.27. The molecule has 0 aliphatic carbocycles. The fraction of sp³-hybridized carbons (Fsp3) is 0. The van der Waals surface area contributed by atoms with Crippen molar-refractivity contribution in [2.75, 3.05) is 9.80 Å². The van der Waals surface area contributed by atoms with Gasteiger partial charge in [-0.05, 0) is 93.8 Å². The zero-order valence-corrected chi connectivity index (χ0v) is 27.6. The van der Waals surface area contributed by atoms with Crippen molar-refractivity contribution < 1.29 is 4.42 Å². The van der Waals surface area contributed by atoms with Crippen LogP contribution in [0.2, 0.25) is 0 Å². The van der Waals surface area contributed by atoms with Gasteiger partial charge in [0.2, 0.25) is 0 Å². The van der Waals surface area contributed by atoms with E-state index in [-0.39, 0.29) is 0 Å². The molecule has 2 heterocycles. The van der Waals surface area contributed by atoms with Crippen LogP contribution in [0, 0.1) is 0 Å². The molecule has 10 aromatic rings. The summed E-state index contributed by atoms with van der Waals surface area (Å²) in [6, 6.07) is 65.7. The lowest BCUT2D eigenvalue weighted by atomic mass is 9.87. The highest BCUT2D eigenvalue weighted by Crippen LogP contribution is 2.53. The van der Waals surface area contributed by atoms with Crippen molar-refractivity contribution in [1.29, 1.82) is 0 Å². The van der Waals surface area contributed by atoms with E-state index in [9.17, 15) is 0 Å². The fourth-order valence-electron chi connectivity index (χ4n) is 8.29. The Morgan fingerprint density at radius 1 is 0.412 bits per heavy atom. The van der Waals surface area contributed by atoms with Crippen molar-refractivity contribution in [2.24, 2.45) is 0 Å². The Labute approximate surface area is 294 Å². The van der Waals surface area contributed by atoms with Gasteiger partial charge in [0, 0.05) is 44.2 Å². The van der Waals surface area contributed by atoms with Crippen LogP contribution < -0.4 is 9.80 Å². The van der Waals surface area contributed by atoms with E-state index in [2.05, 4.69) is 180 Å². The highest BCUT2D eigenvalue weighted by molar-refractivity contribution is 6.19. The summed E-state index contributed by atoms with van der Waals surface area (Å²) in [6.45, 7) is 0. The normalized spacial score (nSPS) is 12.3. The van der Waals surface area contributed by atoms with Crippen LogP contribution in [0.4, 0.5) is 34.1 Å². The summed E-state index contributed by atoms with van der Waals surface area (Å²) in [7, 11) is 0. The predicted octanol–water partition coefficient (Wildman–Crippen LogP) is 14.0. The summed E-state index contributed by atoms with van der Waals surface area (Å²) in [4.78, 5) is 4.81. The molecule has 9 aromatic carbocycles. The molecule has 0 saturated carbocycles. The zero-order chi connectivity index (χ0) is 33.5. The van der Waals surface area contributed by atoms with E-state index < -0.39 is 0 Å². The maximum absolute atomic E-state index is 6.23. The van der Waals surface area contributed by atoms with E-state index in [1.165, 1.54) is 54.8 Å². The molecule has 0 radical (unpaired) electrons. The number of benzene rings is 9. The van der Waals surface area contributed by atoms with Crippen LogP contribution in [-0.2, 0) is 0 Å². The molecule has 0 atom stereocenters. The summed E-state index contributed by atoms with van der Waals surface area (Å²) in [6.07, 6.45) is 0. The second kappa shape index (κ2) is 10.8. The van der Waals surface area contributed by atoms with Gasteiger partial charge in [0.05, 0.1) is 17.1 Å². The van der Waals surface area contributed by atoms with Crippen LogP contribution >= 0.6 is 0 Å². The summed E-state index contributed by atoms with van der Waals surface area (Å²) >= 11 is 0. The smallest absolute Gasteiger partial charge is 0.135 e. The predicted molar refractivity (Wildman–Crippen MR) is 215 cm³/mol. The molecule has 0 amide bonds. The van der Waals surface area contributed by atoms with Crippen molar-refractivity contribution in [1.82, 2.24) is 0 Å². The number of hydrogen-bond donors (Lipinski definition) is 0. The first-order valence-electron chi connectivity index (χ1n) is 17.4. The summed E-state index contributed by atoms with van der Waals surface area (Å²) in [5.41, 5.74) is 11.1. The minimum atomic E-state index is 0.888. The molecule has 238 valence electrons. The lowest BCUT2D eigenvalue weighted by Crippen LogP contribution is -2.16. The first kappa shape index (κ1) is 28.0. The quantitative estimate of drug-likeness (QED) is 0.189. The number of anilines is 6. The van der Waals surface area contributed by atoms with Gasteiger partial charge >= 0.3 is 0 Å². The van der Waals surface area contributed by atoms with Gasteiger partial charge in [0.1, 0.15) is 11.2 Å². The van der Waals surface area contributed by atoms with Crippen LogP contribution in [0.1, 0.15) is 0 Å². The largest absolute Gasteiger partial charge is 0.456 e. The van der Waals surface area contributed by atoms with Gasteiger partial charge < -0.3 is 14.2 Å². The second-order valence-corrected chi connectivity index (χ2v) is 13.3. The molecule has 11 rings (SSSR count). The van der Waals surface area contributed by atoms with E-state index >= 15 is 0 Å². The lowest BCUT2D eigenvalue weighted by Gasteiger charge is -2.34. The molecule has 0 N–H and O–H groups in total. The monoisotopic (exact) mass is 650 g/mol. The molecule has 1 aliphatic rings. The van der Waals surface area contributed by atoms with Gasteiger partial charge in [-0.25, -0.2) is 0 Å². The average molecular weight is 651 g/mol. The summed E-state index contributed by atoms with van der Waals surface area (Å²) < 4.78 is 6.23. The standard InChI is InChI=1S/C48H30N2O/c1-3-15-37-31(10-1)12-8-19-42(37)49(36-27-29-46-41(30-36)39-17-5-6-21-45(39)51-46)34-23-25-35(26-24-34)50-43-20-9-14-33-13-7-18-40(47(33)43)48-38-16-4-2-11-32(38)22-28-44(48)50/h1-30H. The highest BCUT2D eigenvalue weighted by atomic mass is 16.3. The maximum Gasteiger partial charge on any atom is 0.135 e. The van der Waals surface area contributed by atoms with E-state index in [4.69, 9.17) is 4.42 Å². The van der Waals surface area contributed by atoms with Crippen molar-refractivity contribution in [2.45, 2.75) is 0 Å². The molecular weight excluding hydrogens is 621 g/mol. The van der Waals surface area contributed by atoms with Crippen LogP contribution in [0.5, 0.6) is 0 Å². The van der Waals surface area contributed by atoms with Crippen molar-refractivity contribution >= 4 is 88.4 Å². The Balaban J connectivity index is 1.12. The van der Waals surface area contributed by atoms with Gasteiger partial charge in [0.25, 0.3) is 0 Å². The topological polar surface area (TPSA) is 19.6 Å². The number of rotatable bonds is 4. The van der Waals surface area contributed by atoms with E-state index in [0.29, 0.717) is 0 Å².